The molecule has 1 atom stereocenters. The average Bonchev–Trinajstić information content (AvgIpc) is 2.21. The smallest absolute Gasteiger partial charge is 0.325 e. The van der Waals surface area contributed by atoms with E-state index in [1.807, 2.05) is 0 Å². The van der Waals surface area contributed by atoms with Crippen LogP contribution in [0, 0.1) is 18.2 Å². The molecule has 0 saturated heterocycles. The molecule has 0 fully saturated rings. The Morgan fingerprint density at radius 3 is 2.88 bits per heavy atom. The number of terminal acetylenes is 1. The quantitative estimate of drug-likeness (QED) is 0.791. The second kappa shape index (κ2) is 5.50. The Bertz CT molecular complexity index is 422. The third kappa shape index (κ3) is 2.72. The van der Waals surface area contributed by atoms with Crippen LogP contribution in [0.1, 0.15) is 11.6 Å². The van der Waals surface area contributed by atoms with Gasteiger partial charge in [-0.15, -0.1) is 6.42 Å². The van der Waals surface area contributed by atoms with Gasteiger partial charge in [0.15, 0.2) is 0 Å². The van der Waals surface area contributed by atoms with Crippen molar-refractivity contribution in [2.24, 2.45) is 0 Å². The minimum Gasteiger partial charge on any atom is -0.480 e. The zero-order valence-corrected chi connectivity index (χ0v) is 8.96. The maximum atomic E-state index is 13.4. The molecule has 3 nitrogen and oxygen atoms in total. The zero-order valence-electron chi connectivity index (χ0n) is 8.21. The summed E-state index contributed by atoms with van der Waals surface area (Å²) in [6.07, 6.45) is 5.00. The molecule has 0 amide bonds. The van der Waals surface area contributed by atoms with Gasteiger partial charge in [-0.1, -0.05) is 23.6 Å². The summed E-state index contributed by atoms with van der Waals surface area (Å²) in [4.78, 5) is 11.0. The normalized spacial score (nSPS) is 11.8. The first-order valence-electron chi connectivity index (χ1n) is 4.41. The maximum absolute atomic E-state index is 13.4. The van der Waals surface area contributed by atoms with Gasteiger partial charge in [-0.2, -0.15) is 0 Å². The summed E-state index contributed by atoms with van der Waals surface area (Å²) < 4.78 is 13.4. The van der Waals surface area contributed by atoms with Crippen molar-refractivity contribution in [3.8, 4) is 12.3 Å². The lowest BCUT2D eigenvalue weighted by molar-refractivity contribution is -0.139. The fraction of sp³-hybridized carbons (Fsp3) is 0.182. The summed E-state index contributed by atoms with van der Waals surface area (Å²) in [5.74, 6) is 0.311. The van der Waals surface area contributed by atoms with E-state index < -0.39 is 17.8 Å². The second-order valence-electron chi connectivity index (χ2n) is 2.99. The summed E-state index contributed by atoms with van der Waals surface area (Å²) in [5, 5.41) is 11.5. The second-order valence-corrected chi connectivity index (χ2v) is 3.40. The van der Waals surface area contributed by atoms with Crippen molar-refractivity contribution < 1.29 is 14.3 Å². The molecule has 0 aliphatic carbocycles. The predicted octanol–water partition coefficient (Wildman–Crippen LogP) is 1.83. The van der Waals surface area contributed by atoms with Crippen molar-refractivity contribution in [1.29, 1.82) is 0 Å². The molecule has 1 rings (SSSR count). The first-order chi connectivity index (χ1) is 7.57. The van der Waals surface area contributed by atoms with Gasteiger partial charge in [0.25, 0.3) is 0 Å². The number of hydrogen-bond donors (Lipinski definition) is 2. The van der Waals surface area contributed by atoms with E-state index >= 15 is 0 Å². The highest BCUT2D eigenvalue weighted by atomic mass is 35.5. The molecule has 5 heteroatoms. The molecule has 16 heavy (non-hydrogen) atoms. The topological polar surface area (TPSA) is 49.3 Å². The Morgan fingerprint density at radius 1 is 1.69 bits per heavy atom. The van der Waals surface area contributed by atoms with Crippen LogP contribution < -0.4 is 5.32 Å². The highest BCUT2D eigenvalue weighted by Crippen LogP contribution is 2.25. The Balaban J connectivity index is 3.11. The number of hydrogen-bond acceptors (Lipinski definition) is 2. The van der Waals surface area contributed by atoms with E-state index in [1.54, 1.807) is 0 Å². The lowest BCUT2D eigenvalue weighted by Crippen LogP contribution is -2.29. The first kappa shape index (κ1) is 12.5. The van der Waals surface area contributed by atoms with E-state index in [9.17, 15) is 9.18 Å². The highest BCUT2D eigenvalue weighted by Gasteiger charge is 2.24. The molecule has 0 heterocycles. The molecule has 1 unspecified atom stereocenters. The van der Waals surface area contributed by atoms with Gasteiger partial charge in [-0.3, -0.25) is 10.1 Å². The fourth-order valence-electron chi connectivity index (χ4n) is 1.26. The van der Waals surface area contributed by atoms with E-state index in [0.717, 1.165) is 6.07 Å². The van der Waals surface area contributed by atoms with Gasteiger partial charge in [-0.25, -0.2) is 4.39 Å². The van der Waals surface area contributed by atoms with Crippen LogP contribution >= 0.6 is 11.6 Å². The molecular weight excluding hydrogens is 233 g/mol. The van der Waals surface area contributed by atoms with Gasteiger partial charge in [0.1, 0.15) is 11.9 Å². The number of aliphatic carboxylic acids is 1. The van der Waals surface area contributed by atoms with E-state index in [2.05, 4.69) is 11.2 Å². The monoisotopic (exact) mass is 241 g/mol. The summed E-state index contributed by atoms with van der Waals surface area (Å²) in [6.45, 7) is 0.0155. The summed E-state index contributed by atoms with van der Waals surface area (Å²) in [6, 6.07) is 2.73. The number of carbonyl (C=O) groups is 1. The predicted molar refractivity (Wildman–Crippen MR) is 58.6 cm³/mol. The lowest BCUT2D eigenvalue weighted by Gasteiger charge is -2.15. The zero-order chi connectivity index (χ0) is 12.1. The van der Waals surface area contributed by atoms with Crippen molar-refractivity contribution in [3.05, 3.63) is 34.6 Å². The number of rotatable bonds is 4. The molecule has 0 saturated carbocycles. The van der Waals surface area contributed by atoms with Crippen LogP contribution in [0.15, 0.2) is 18.2 Å². The van der Waals surface area contributed by atoms with Gasteiger partial charge in [0, 0.05) is 10.6 Å². The van der Waals surface area contributed by atoms with Crippen LogP contribution in [-0.4, -0.2) is 17.6 Å². The number of halogens is 2. The summed E-state index contributed by atoms with van der Waals surface area (Å²) in [7, 11) is 0. The maximum Gasteiger partial charge on any atom is 0.325 e. The van der Waals surface area contributed by atoms with Crippen molar-refractivity contribution in [3.63, 3.8) is 0 Å². The minimum atomic E-state index is -1.25. The molecule has 1 aromatic carbocycles. The van der Waals surface area contributed by atoms with E-state index in [4.69, 9.17) is 23.1 Å². The van der Waals surface area contributed by atoms with E-state index in [1.165, 1.54) is 12.1 Å². The van der Waals surface area contributed by atoms with E-state index in [0.29, 0.717) is 0 Å². The first-order valence-corrected chi connectivity index (χ1v) is 4.79. The SMILES string of the molecule is C#CCNC(C(=O)O)c1c(F)cccc1Cl. The highest BCUT2D eigenvalue weighted by molar-refractivity contribution is 6.31. The van der Waals surface area contributed by atoms with Gasteiger partial charge < -0.3 is 5.11 Å². The van der Waals surface area contributed by atoms with Crippen LogP contribution in [0.3, 0.4) is 0 Å². The van der Waals surface area contributed by atoms with Crippen molar-refractivity contribution in [1.82, 2.24) is 5.32 Å². The van der Waals surface area contributed by atoms with Crippen molar-refractivity contribution in [2.75, 3.05) is 6.54 Å². The molecule has 0 aliphatic rings. The Labute approximate surface area is 97.2 Å². The molecule has 0 aliphatic heterocycles. The molecule has 2 N–H and O–H groups in total. The molecular formula is C11H9ClFNO2. The average molecular weight is 242 g/mol. The fourth-order valence-corrected chi connectivity index (χ4v) is 1.53. The number of benzene rings is 1. The molecule has 1 aromatic rings. The Morgan fingerprint density at radius 2 is 2.38 bits per heavy atom. The van der Waals surface area contributed by atoms with Gasteiger partial charge >= 0.3 is 5.97 Å². The minimum absolute atomic E-state index is 0.0155. The third-order valence-electron chi connectivity index (χ3n) is 1.94. The largest absolute Gasteiger partial charge is 0.480 e. The molecule has 0 bridgehead atoms. The number of carboxylic acids is 1. The van der Waals surface area contributed by atoms with E-state index in [-0.39, 0.29) is 17.1 Å². The van der Waals surface area contributed by atoms with Crippen molar-refractivity contribution >= 4 is 17.6 Å². The molecule has 0 radical (unpaired) electrons. The van der Waals surface area contributed by atoms with Crippen LogP contribution in [-0.2, 0) is 4.79 Å². The Hall–Kier alpha value is -1.57. The molecule has 0 spiro atoms. The molecule has 0 aromatic heterocycles. The summed E-state index contributed by atoms with van der Waals surface area (Å²) in [5.41, 5.74) is -0.105. The third-order valence-corrected chi connectivity index (χ3v) is 2.27. The van der Waals surface area contributed by atoms with Gasteiger partial charge in [0.05, 0.1) is 6.54 Å². The molecule has 84 valence electrons. The Kier molecular flexibility index (Phi) is 4.29. The van der Waals surface area contributed by atoms with Crippen LogP contribution in [0.2, 0.25) is 5.02 Å². The number of carboxylic acid groups (broad SMARTS) is 1. The van der Waals surface area contributed by atoms with Gasteiger partial charge in [-0.05, 0) is 12.1 Å². The van der Waals surface area contributed by atoms with Crippen LogP contribution in [0.5, 0.6) is 0 Å². The standard InChI is InChI=1S/C11H9ClFNO2/c1-2-6-14-10(11(15)16)9-7(12)4-3-5-8(9)13/h1,3-5,10,14H,6H2,(H,15,16). The van der Waals surface area contributed by atoms with Gasteiger partial charge in [0.2, 0.25) is 0 Å². The number of nitrogens with one attached hydrogen (secondary N) is 1. The summed E-state index contributed by atoms with van der Waals surface area (Å²) >= 11 is 5.75. The van der Waals surface area contributed by atoms with Crippen LogP contribution in [0.4, 0.5) is 4.39 Å². The van der Waals surface area contributed by atoms with Crippen LogP contribution in [0.25, 0.3) is 0 Å². The van der Waals surface area contributed by atoms with Crippen molar-refractivity contribution in [2.45, 2.75) is 6.04 Å². The lowest BCUT2D eigenvalue weighted by atomic mass is 10.1.